The van der Waals surface area contributed by atoms with Gasteiger partial charge in [-0.2, -0.15) is 0 Å². The molecule has 0 aliphatic carbocycles. The highest BCUT2D eigenvalue weighted by Crippen LogP contribution is 2.34. The maximum Gasteiger partial charge on any atom is 0.244 e. The molecule has 41 heavy (non-hydrogen) atoms. The van der Waals surface area contributed by atoms with Gasteiger partial charge in [-0.05, 0) is 57.7 Å². The molecule has 0 unspecified atom stereocenters. The van der Waals surface area contributed by atoms with Gasteiger partial charge in [0.25, 0.3) is 0 Å². The molecule has 2 N–H and O–H groups in total. The number of nitrogens with one attached hydrogen (secondary N) is 2. The van der Waals surface area contributed by atoms with Crippen LogP contribution in [0.15, 0.2) is 30.6 Å². The number of carbonyl (C=O) groups excluding carboxylic acids is 3. The van der Waals surface area contributed by atoms with Crippen LogP contribution in [0.1, 0.15) is 39.5 Å². The molecule has 2 aromatic heterocycles. The number of H-pyrrole nitrogens is 1. The Kier molecular flexibility index (Phi) is 7.65. The third kappa shape index (κ3) is 5.78. The highest BCUT2D eigenvalue weighted by Gasteiger charge is 2.40. The van der Waals surface area contributed by atoms with Crippen LogP contribution < -0.4 is 5.32 Å². The van der Waals surface area contributed by atoms with E-state index in [2.05, 4.69) is 15.3 Å². The molecular weight excluding hydrogens is 544 g/mol. The van der Waals surface area contributed by atoms with Crippen molar-refractivity contribution in [1.82, 2.24) is 24.7 Å². The molecule has 1 atom stereocenters. The van der Waals surface area contributed by atoms with Gasteiger partial charge >= 0.3 is 0 Å². The summed E-state index contributed by atoms with van der Waals surface area (Å²) in [5.74, 6) is -0.0556. The Morgan fingerprint density at radius 1 is 1.10 bits per heavy atom. The van der Waals surface area contributed by atoms with Crippen LogP contribution in [0.2, 0.25) is 5.02 Å². The Morgan fingerprint density at radius 2 is 1.85 bits per heavy atom. The Hall–Kier alpha value is -3.21. The zero-order chi connectivity index (χ0) is 28.7. The predicted molar refractivity (Wildman–Crippen MR) is 158 cm³/mol. The summed E-state index contributed by atoms with van der Waals surface area (Å²) in [6, 6.07) is 4.85. The van der Waals surface area contributed by atoms with Gasteiger partial charge in [0.1, 0.15) is 6.04 Å². The van der Waals surface area contributed by atoms with Crippen LogP contribution in [0.4, 0.5) is 5.69 Å². The molecule has 0 radical (unpaired) electrons. The van der Waals surface area contributed by atoms with Gasteiger partial charge in [0.2, 0.25) is 17.7 Å². The minimum atomic E-state index is -0.652. The van der Waals surface area contributed by atoms with E-state index in [1.165, 1.54) is 0 Å². The van der Waals surface area contributed by atoms with Gasteiger partial charge in [-0.3, -0.25) is 24.3 Å². The van der Waals surface area contributed by atoms with Crippen molar-refractivity contribution in [3.05, 3.63) is 35.6 Å². The SMILES string of the molecule is CC1(C)CN(CC(=O)N2CCC(C(=O)N3CCCC3)CC2)[C@H](C(=O)Nc2cc(Cl)cc3c2[nH]c2cnccc23)CO1. The van der Waals surface area contributed by atoms with E-state index in [1.807, 2.05) is 40.7 Å². The molecule has 218 valence electrons. The maximum absolute atomic E-state index is 13.7. The number of amides is 3. The summed E-state index contributed by atoms with van der Waals surface area (Å²) in [6.45, 7) is 7.47. The standard InChI is InChI=1S/C30H37ClN6O4/c1-30(2)18-37(16-26(38)35-11-6-19(7-12-35)29(40)36-9-3-4-10-36)25(17-41-30)28(39)34-23-14-20(31)13-22-21-5-8-32-15-24(21)33-27(22)23/h5,8,13-15,19,25,33H,3-4,6-7,9-12,16-18H2,1-2H3,(H,34,39)/t25-/m0/s1. The summed E-state index contributed by atoms with van der Waals surface area (Å²) in [7, 11) is 0. The Morgan fingerprint density at radius 3 is 2.61 bits per heavy atom. The second kappa shape index (κ2) is 11.2. The quantitative estimate of drug-likeness (QED) is 0.477. The molecule has 3 aliphatic rings. The summed E-state index contributed by atoms with van der Waals surface area (Å²) >= 11 is 6.45. The molecular formula is C30H37ClN6O4. The number of likely N-dealkylation sites (tertiary alicyclic amines) is 2. The number of rotatable bonds is 5. The zero-order valence-electron chi connectivity index (χ0n) is 23.6. The number of fused-ring (bicyclic) bond motifs is 3. The van der Waals surface area contributed by atoms with E-state index in [1.54, 1.807) is 18.5 Å². The minimum absolute atomic E-state index is 0.00653. The van der Waals surface area contributed by atoms with Crippen LogP contribution in [-0.4, -0.2) is 99.9 Å². The number of anilines is 1. The molecule has 5 heterocycles. The summed E-state index contributed by atoms with van der Waals surface area (Å²) in [5, 5.41) is 5.41. The predicted octanol–water partition coefficient (Wildman–Crippen LogP) is 3.65. The summed E-state index contributed by atoms with van der Waals surface area (Å²) in [6.07, 6.45) is 6.99. The lowest BCUT2D eigenvalue weighted by Crippen LogP contribution is -2.60. The number of nitrogens with zero attached hydrogens (tertiary/aromatic N) is 4. The molecule has 3 amide bonds. The number of aromatic nitrogens is 2. The second-order valence-corrected chi connectivity index (χ2v) is 12.5. The van der Waals surface area contributed by atoms with Crippen LogP contribution in [-0.2, 0) is 19.1 Å². The van der Waals surface area contributed by atoms with E-state index in [-0.39, 0.29) is 36.8 Å². The molecule has 1 aromatic carbocycles. The molecule has 0 spiro atoms. The molecule has 6 rings (SSSR count). The maximum atomic E-state index is 13.7. The molecule has 11 heteroatoms. The average Bonchev–Trinajstić information content (AvgIpc) is 3.61. The third-order valence-corrected chi connectivity index (χ3v) is 8.86. The van der Waals surface area contributed by atoms with Crippen molar-refractivity contribution in [3.63, 3.8) is 0 Å². The van der Waals surface area contributed by atoms with Crippen molar-refractivity contribution >= 4 is 56.8 Å². The largest absolute Gasteiger partial charge is 0.372 e. The first-order valence-corrected chi connectivity index (χ1v) is 14.9. The number of hydrogen-bond donors (Lipinski definition) is 2. The van der Waals surface area contributed by atoms with Crippen LogP contribution >= 0.6 is 11.6 Å². The van der Waals surface area contributed by atoms with E-state index in [0.29, 0.717) is 43.2 Å². The number of piperidine rings is 1. The lowest BCUT2D eigenvalue weighted by atomic mass is 9.95. The fourth-order valence-corrected chi connectivity index (χ4v) is 6.66. The Bertz CT molecular complexity index is 1470. The number of benzene rings is 1. The Labute approximate surface area is 244 Å². The van der Waals surface area contributed by atoms with Gasteiger partial charge in [0.05, 0.1) is 41.7 Å². The molecule has 3 aromatic rings. The van der Waals surface area contributed by atoms with Crippen molar-refractivity contribution in [2.24, 2.45) is 5.92 Å². The minimum Gasteiger partial charge on any atom is -0.372 e. The van der Waals surface area contributed by atoms with Crippen LogP contribution in [0, 0.1) is 5.92 Å². The highest BCUT2D eigenvalue weighted by molar-refractivity contribution is 6.33. The summed E-state index contributed by atoms with van der Waals surface area (Å²) in [5.41, 5.74) is 1.67. The monoisotopic (exact) mass is 580 g/mol. The average molecular weight is 581 g/mol. The van der Waals surface area contributed by atoms with Gasteiger partial charge in [0, 0.05) is 60.6 Å². The number of pyridine rings is 1. The first-order chi connectivity index (χ1) is 19.7. The molecule has 0 bridgehead atoms. The van der Waals surface area contributed by atoms with Gasteiger partial charge in [-0.1, -0.05) is 11.6 Å². The van der Waals surface area contributed by atoms with E-state index in [4.69, 9.17) is 16.3 Å². The zero-order valence-corrected chi connectivity index (χ0v) is 24.4. The number of ether oxygens (including phenoxy) is 1. The number of aromatic amines is 1. The summed E-state index contributed by atoms with van der Waals surface area (Å²) in [4.78, 5) is 53.2. The number of morpholine rings is 1. The van der Waals surface area contributed by atoms with Gasteiger partial charge in [-0.25, -0.2) is 0 Å². The lowest BCUT2D eigenvalue weighted by Gasteiger charge is -2.43. The van der Waals surface area contributed by atoms with E-state index in [9.17, 15) is 14.4 Å². The topological polar surface area (TPSA) is 111 Å². The van der Waals surface area contributed by atoms with Crippen molar-refractivity contribution in [2.45, 2.75) is 51.2 Å². The lowest BCUT2D eigenvalue weighted by molar-refractivity contribution is -0.152. The third-order valence-electron chi connectivity index (χ3n) is 8.64. The van der Waals surface area contributed by atoms with Crippen LogP contribution in [0.25, 0.3) is 21.8 Å². The molecule has 10 nitrogen and oxygen atoms in total. The highest BCUT2D eigenvalue weighted by atomic mass is 35.5. The van der Waals surface area contributed by atoms with Crippen molar-refractivity contribution in [1.29, 1.82) is 0 Å². The van der Waals surface area contributed by atoms with Gasteiger partial charge in [0.15, 0.2) is 0 Å². The number of halogens is 1. The van der Waals surface area contributed by atoms with Crippen molar-refractivity contribution in [3.8, 4) is 0 Å². The Balaban J connectivity index is 1.15. The van der Waals surface area contributed by atoms with E-state index < -0.39 is 11.6 Å². The summed E-state index contributed by atoms with van der Waals surface area (Å²) < 4.78 is 6.03. The first-order valence-electron chi connectivity index (χ1n) is 14.5. The van der Waals surface area contributed by atoms with Crippen molar-refractivity contribution < 1.29 is 19.1 Å². The second-order valence-electron chi connectivity index (χ2n) is 12.1. The smallest absolute Gasteiger partial charge is 0.244 e. The normalized spacial score (nSPS) is 22.0. The van der Waals surface area contributed by atoms with E-state index in [0.717, 1.165) is 47.7 Å². The fourth-order valence-electron chi connectivity index (χ4n) is 6.44. The van der Waals surface area contributed by atoms with Gasteiger partial charge in [-0.15, -0.1) is 0 Å². The first kappa shape index (κ1) is 27.9. The van der Waals surface area contributed by atoms with Crippen LogP contribution in [0.3, 0.4) is 0 Å². The molecule has 3 aliphatic heterocycles. The van der Waals surface area contributed by atoms with E-state index >= 15 is 0 Å². The van der Waals surface area contributed by atoms with Crippen LogP contribution in [0.5, 0.6) is 0 Å². The van der Waals surface area contributed by atoms with Gasteiger partial charge < -0.3 is 24.8 Å². The molecule has 0 saturated carbocycles. The number of carbonyl (C=O) groups is 3. The fraction of sp³-hybridized carbons (Fsp3) is 0.533. The molecule has 3 fully saturated rings. The van der Waals surface area contributed by atoms with Crippen molar-refractivity contribution in [2.75, 3.05) is 51.2 Å². The number of hydrogen-bond acceptors (Lipinski definition) is 6. The molecule has 3 saturated heterocycles.